The van der Waals surface area contributed by atoms with Gasteiger partial charge in [0.1, 0.15) is 5.82 Å². The van der Waals surface area contributed by atoms with Crippen LogP contribution in [0.5, 0.6) is 0 Å². The van der Waals surface area contributed by atoms with Crippen LogP contribution in [-0.4, -0.2) is 41.3 Å². The van der Waals surface area contributed by atoms with E-state index in [1.807, 2.05) is 31.2 Å². The van der Waals surface area contributed by atoms with Crippen molar-refractivity contribution in [3.8, 4) is 11.3 Å². The molecule has 6 heteroatoms. The number of carbonyl (C=O) groups excluding carboxylic acids is 1. The van der Waals surface area contributed by atoms with Gasteiger partial charge in [0.05, 0.1) is 24.1 Å². The summed E-state index contributed by atoms with van der Waals surface area (Å²) < 4.78 is 18.8. The average molecular weight is 367 g/mol. The van der Waals surface area contributed by atoms with Crippen LogP contribution in [0.15, 0.2) is 54.7 Å². The van der Waals surface area contributed by atoms with Gasteiger partial charge in [0, 0.05) is 25.8 Å². The lowest BCUT2D eigenvalue weighted by atomic mass is 10.1. The Morgan fingerprint density at radius 3 is 2.78 bits per heavy atom. The predicted octanol–water partition coefficient (Wildman–Crippen LogP) is 3.81. The molecule has 0 saturated heterocycles. The highest BCUT2D eigenvalue weighted by molar-refractivity contribution is 5.99. The minimum atomic E-state index is -0.364. The maximum atomic E-state index is 13.6. The highest BCUT2D eigenvalue weighted by Crippen LogP contribution is 2.24. The summed E-state index contributed by atoms with van der Waals surface area (Å²) in [5, 5.41) is 6.83. The van der Waals surface area contributed by atoms with E-state index in [0.29, 0.717) is 36.5 Å². The number of methoxy groups -OCH3 is 1. The van der Waals surface area contributed by atoms with E-state index < -0.39 is 0 Å². The number of H-pyrrole nitrogens is 1. The molecule has 1 N–H and O–H groups in total. The molecule has 3 rings (SSSR count). The summed E-state index contributed by atoms with van der Waals surface area (Å²) in [5.74, 6) is -0.542. The molecule has 5 nitrogen and oxygen atoms in total. The number of aryl methyl sites for hydroxylation is 1. The molecule has 0 atom stereocenters. The number of aromatic amines is 1. The monoisotopic (exact) mass is 367 g/mol. The first-order valence-corrected chi connectivity index (χ1v) is 8.72. The van der Waals surface area contributed by atoms with Gasteiger partial charge in [0.15, 0.2) is 0 Å². The number of hydrogen-bond acceptors (Lipinski definition) is 3. The maximum Gasteiger partial charge on any atom is 0.258 e. The van der Waals surface area contributed by atoms with Crippen LogP contribution in [0.3, 0.4) is 0 Å². The number of ether oxygens (including phenoxy) is 1. The van der Waals surface area contributed by atoms with E-state index >= 15 is 0 Å². The number of amides is 1. The third kappa shape index (κ3) is 4.41. The average Bonchev–Trinajstić information content (AvgIpc) is 3.16. The van der Waals surface area contributed by atoms with Crippen molar-refractivity contribution in [1.82, 2.24) is 15.1 Å². The number of benzene rings is 2. The van der Waals surface area contributed by atoms with Gasteiger partial charge >= 0.3 is 0 Å². The van der Waals surface area contributed by atoms with Crippen LogP contribution in [0, 0.1) is 12.7 Å². The second-order valence-electron chi connectivity index (χ2n) is 6.32. The zero-order valence-corrected chi connectivity index (χ0v) is 15.4. The van der Waals surface area contributed by atoms with Crippen molar-refractivity contribution < 1.29 is 13.9 Å². The molecule has 140 valence electrons. The molecule has 1 heterocycles. The highest BCUT2D eigenvalue weighted by atomic mass is 19.1. The van der Waals surface area contributed by atoms with Gasteiger partial charge in [-0.1, -0.05) is 36.4 Å². The number of aromatic nitrogens is 2. The zero-order chi connectivity index (χ0) is 19.2. The minimum absolute atomic E-state index is 0.177. The first kappa shape index (κ1) is 18.8. The van der Waals surface area contributed by atoms with Gasteiger partial charge in [0.25, 0.3) is 5.91 Å². The molecule has 0 bridgehead atoms. The fraction of sp³-hybridized carbons (Fsp3) is 0.238. The minimum Gasteiger partial charge on any atom is -0.383 e. The van der Waals surface area contributed by atoms with E-state index in [-0.39, 0.29) is 11.7 Å². The van der Waals surface area contributed by atoms with Gasteiger partial charge in [-0.25, -0.2) is 4.39 Å². The molecule has 0 saturated carbocycles. The molecule has 0 aliphatic heterocycles. The smallest absolute Gasteiger partial charge is 0.258 e. The van der Waals surface area contributed by atoms with Crippen molar-refractivity contribution in [3.05, 3.63) is 77.2 Å². The van der Waals surface area contributed by atoms with Gasteiger partial charge in [-0.05, 0) is 30.2 Å². The fourth-order valence-corrected chi connectivity index (χ4v) is 2.93. The quantitative estimate of drug-likeness (QED) is 0.691. The third-order valence-electron chi connectivity index (χ3n) is 4.46. The molecule has 0 fully saturated rings. The molecular formula is C21H22FN3O2. The van der Waals surface area contributed by atoms with Crippen LogP contribution in [0.1, 0.15) is 21.5 Å². The molecule has 0 spiro atoms. The zero-order valence-electron chi connectivity index (χ0n) is 15.4. The number of rotatable bonds is 7. The van der Waals surface area contributed by atoms with Crippen LogP contribution in [0.2, 0.25) is 0 Å². The summed E-state index contributed by atoms with van der Waals surface area (Å²) in [6.45, 7) is 3.34. The molecule has 1 aromatic heterocycles. The Kier molecular flexibility index (Phi) is 5.98. The molecule has 0 aliphatic carbocycles. The van der Waals surface area contributed by atoms with E-state index in [2.05, 4.69) is 10.2 Å². The summed E-state index contributed by atoms with van der Waals surface area (Å²) in [7, 11) is 1.60. The van der Waals surface area contributed by atoms with Crippen LogP contribution in [-0.2, 0) is 11.3 Å². The number of nitrogens with zero attached hydrogens (tertiary/aromatic N) is 2. The number of hydrogen-bond donors (Lipinski definition) is 1. The summed E-state index contributed by atoms with van der Waals surface area (Å²) >= 11 is 0. The standard InChI is InChI=1S/C21H22FN3O2/c1-15-6-3-4-7-17(15)14-25(10-11-27-2)21(26)19-13-23-24-20(19)16-8-5-9-18(22)12-16/h3-9,12-13H,10-11,14H2,1-2H3,(H,23,24). The lowest BCUT2D eigenvalue weighted by molar-refractivity contribution is 0.0681. The Morgan fingerprint density at radius 2 is 2.04 bits per heavy atom. The lowest BCUT2D eigenvalue weighted by Gasteiger charge is -2.23. The molecule has 1 amide bonds. The van der Waals surface area contributed by atoms with Crippen molar-refractivity contribution in [2.45, 2.75) is 13.5 Å². The number of carbonyl (C=O) groups is 1. The van der Waals surface area contributed by atoms with Crippen molar-refractivity contribution >= 4 is 5.91 Å². The number of halogens is 1. The highest BCUT2D eigenvalue weighted by Gasteiger charge is 2.22. The molecule has 0 unspecified atom stereocenters. The Labute approximate surface area is 157 Å². The van der Waals surface area contributed by atoms with E-state index in [1.165, 1.54) is 18.3 Å². The van der Waals surface area contributed by atoms with Crippen molar-refractivity contribution in [1.29, 1.82) is 0 Å². The number of nitrogens with one attached hydrogen (secondary N) is 1. The van der Waals surface area contributed by atoms with E-state index in [1.54, 1.807) is 24.1 Å². The van der Waals surface area contributed by atoms with Gasteiger partial charge in [-0.2, -0.15) is 5.10 Å². The summed E-state index contributed by atoms with van der Waals surface area (Å²) in [4.78, 5) is 14.9. The molecule has 3 aromatic rings. The Bertz CT molecular complexity index is 923. The van der Waals surface area contributed by atoms with Crippen molar-refractivity contribution in [2.24, 2.45) is 0 Å². The van der Waals surface area contributed by atoms with Crippen molar-refractivity contribution in [2.75, 3.05) is 20.3 Å². The molecule has 2 aromatic carbocycles. The molecule has 0 radical (unpaired) electrons. The van der Waals surface area contributed by atoms with Crippen LogP contribution in [0.25, 0.3) is 11.3 Å². The van der Waals surface area contributed by atoms with Crippen molar-refractivity contribution in [3.63, 3.8) is 0 Å². The molecular weight excluding hydrogens is 345 g/mol. The van der Waals surface area contributed by atoms with E-state index in [4.69, 9.17) is 4.74 Å². The Hall–Kier alpha value is -2.99. The normalized spacial score (nSPS) is 10.8. The summed E-state index contributed by atoms with van der Waals surface area (Å²) in [6.07, 6.45) is 1.49. The summed E-state index contributed by atoms with van der Waals surface area (Å²) in [6, 6.07) is 14.0. The Balaban J connectivity index is 1.91. The first-order chi connectivity index (χ1) is 13.1. The van der Waals surface area contributed by atoms with E-state index in [9.17, 15) is 9.18 Å². The topological polar surface area (TPSA) is 58.2 Å². The molecule has 27 heavy (non-hydrogen) atoms. The largest absolute Gasteiger partial charge is 0.383 e. The van der Waals surface area contributed by atoms with Gasteiger partial charge < -0.3 is 9.64 Å². The fourth-order valence-electron chi connectivity index (χ4n) is 2.93. The van der Waals surface area contributed by atoms with Gasteiger partial charge in [0.2, 0.25) is 0 Å². The Morgan fingerprint density at radius 1 is 1.22 bits per heavy atom. The second-order valence-corrected chi connectivity index (χ2v) is 6.32. The summed E-state index contributed by atoms with van der Waals surface area (Å²) in [5.41, 5.74) is 3.68. The van der Waals surface area contributed by atoms with Gasteiger partial charge in [-0.3, -0.25) is 9.89 Å². The SMILES string of the molecule is COCCN(Cc1ccccc1C)C(=O)c1cn[nH]c1-c1cccc(F)c1. The lowest BCUT2D eigenvalue weighted by Crippen LogP contribution is -2.33. The van der Waals surface area contributed by atoms with Crippen LogP contribution < -0.4 is 0 Å². The maximum absolute atomic E-state index is 13.6. The van der Waals surface area contributed by atoms with E-state index in [0.717, 1.165) is 11.1 Å². The predicted molar refractivity (Wildman–Crippen MR) is 102 cm³/mol. The molecule has 0 aliphatic rings. The van der Waals surface area contributed by atoms with Crippen LogP contribution in [0.4, 0.5) is 4.39 Å². The third-order valence-corrected chi connectivity index (χ3v) is 4.46. The second kappa shape index (κ2) is 8.60. The van der Waals surface area contributed by atoms with Gasteiger partial charge in [-0.15, -0.1) is 0 Å². The van der Waals surface area contributed by atoms with Crippen LogP contribution >= 0.6 is 0 Å². The first-order valence-electron chi connectivity index (χ1n) is 8.72.